The van der Waals surface area contributed by atoms with Gasteiger partial charge in [-0.2, -0.15) is 0 Å². The van der Waals surface area contributed by atoms with Gasteiger partial charge in [0, 0.05) is 0 Å². The summed E-state index contributed by atoms with van der Waals surface area (Å²) in [6, 6.07) is 17.6. The minimum atomic E-state index is 0.711. The van der Waals surface area contributed by atoms with Crippen LogP contribution in [0.4, 0.5) is 0 Å². The Kier molecular flexibility index (Phi) is 6.10. The number of rotatable bonds is 8. The zero-order valence-corrected chi connectivity index (χ0v) is 12.8. The smallest absolute Gasteiger partial charge is 0.169 e. The summed E-state index contributed by atoms with van der Waals surface area (Å²) in [5, 5.41) is 0. The molecule has 21 heavy (non-hydrogen) atoms. The summed E-state index contributed by atoms with van der Waals surface area (Å²) in [6.07, 6.45) is 2.17. The zero-order chi connectivity index (χ0) is 14.9. The van der Waals surface area contributed by atoms with Crippen molar-refractivity contribution >= 4 is 0 Å². The maximum Gasteiger partial charge on any atom is 0.169 e. The van der Waals surface area contributed by atoms with Crippen LogP contribution in [0.1, 0.15) is 12.8 Å². The molecule has 2 aromatic carbocycles. The first kappa shape index (κ1) is 15.4. The molecule has 2 rings (SSSR count). The fraction of sp³-hybridized carbons (Fsp3) is 0.333. The monoisotopic (exact) mass is 285 g/mol. The van der Waals surface area contributed by atoms with Gasteiger partial charge in [-0.1, -0.05) is 30.3 Å². The molecule has 2 aromatic rings. The van der Waals surface area contributed by atoms with Crippen LogP contribution in [0.2, 0.25) is 0 Å². The molecule has 0 heterocycles. The van der Waals surface area contributed by atoms with Gasteiger partial charge in [0.2, 0.25) is 0 Å². The van der Waals surface area contributed by atoms with E-state index in [0.717, 1.165) is 36.6 Å². The maximum atomic E-state index is 5.87. The Morgan fingerprint density at radius 1 is 0.810 bits per heavy atom. The van der Waals surface area contributed by atoms with Crippen LogP contribution in [-0.2, 0) is 0 Å². The van der Waals surface area contributed by atoms with Gasteiger partial charge in [-0.05, 0) is 57.7 Å². The number of para-hydroxylation sites is 3. The van der Waals surface area contributed by atoms with Gasteiger partial charge in [0.15, 0.2) is 11.5 Å². The Bertz CT molecular complexity index is 526. The summed E-state index contributed by atoms with van der Waals surface area (Å²) < 4.78 is 11.7. The molecule has 0 atom stereocenters. The third kappa shape index (κ3) is 5.48. The molecule has 0 bridgehead atoms. The molecule has 3 heteroatoms. The number of hydrogen-bond acceptors (Lipinski definition) is 3. The first-order valence-electron chi connectivity index (χ1n) is 7.35. The Labute approximate surface area is 127 Å². The van der Waals surface area contributed by atoms with E-state index < -0.39 is 0 Å². The second kappa shape index (κ2) is 8.32. The number of nitrogens with zero attached hydrogens (tertiary/aromatic N) is 1. The van der Waals surface area contributed by atoms with Crippen LogP contribution in [0.15, 0.2) is 54.6 Å². The van der Waals surface area contributed by atoms with Crippen LogP contribution in [-0.4, -0.2) is 32.1 Å². The molecule has 0 radical (unpaired) electrons. The molecular formula is C18H23NO2. The van der Waals surface area contributed by atoms with Crippen molar-refractivity contribution in [2.75, 3.05) is 27.2 Å². The molecule has 0 fully saturated rings. The molecule has 0 aliphatic heterocycles. The van der Waals surface area contributed by atoms with Crippen LogP contribution in [0.3, 0.4) is 0 Å². The van der Waals surface area contributed by atoms with E-state index in [1.165, 1.54) is 0 Å². The fourth-order valence-electron chi connectivity index (χ4n) is 1.98. The summed E-state index contributed by atoms with van der Waals surface area (Å²) in [6.45, 7) is 1.80. The molecule has 3 nitrogen and oxygen atoms in total. The molecule has 0 saturated heterocycles. The molecular weight excluding hydrogens is 262 g/mol. The summed E-state index contributed by atoms with van der Waals surface area (Å²) in [7, 11) is 4.17. The van der Waals surface area contributed by atoms with Gasteiger partial charge >= 0.3 is 0 Å². The van der Waals surface area contributed by atoms with Crippen molar-refractivity contribution in [3.8, 4) is 17.2 Å². The van der Waals surface area contributed by atoms with E-state index in [2.05, 4.69) is 19.0 Å². The predicted molar refractivity (Wildman–Crippen MR) is 86.2 cm³/mol. The molecule has 0 unspecified atom stereocenters. The van der Waals surface area contributed by atoms with Crippen molar-refractivity contribution in [1.29, 1.82) is 0 Å². The van der Waals surface area contributed by atoms with Gasteiger partial charge in [0.25, 0.3) is 0 Å². The van der Waals surface area contributed by atoms with Gasteiger partial charge in [-0.25, -0.2) is 0 Å². The van der Waals surface area contributed by atoms with E-state index in [0.29, 0.717) is 6.61 Å². The quantitative estimate of drug-likeness (QED) is 0.678. The first-order valence-corrected chi connectivity index (χ1v) is 7.35. The average Bonchev–Trinajstić information content (AvgIpc) is 2.49. The van der Waals surface area contributed by atoms with Gasteiger partial charge in [-0.3, -0.25) is 0 Å². The second-order valence-corrected chi connectivity index (χ2v) is 5.22. The molecule has 0 aliphatic carbocycles. The number of ether oxygens (including phenoxy) is 2. The lowest BCUT2D eigenvalue weighted by atomic mass is 10.3. The van der Waals surface area contributed by atoms with Gasteiger partial charge in [-0.15, -0.1) is 0 Å². The predicted octanol–water partition coefficient (Wildman–Crippen LogP) is 4.20. The molecule has 0 amide bonds. The van der Waals surface area contributed by atoms with Crippen LogP contribution < -0.4 is 9.47 Å². The first-order chi connectivity index (χ1) is 10.3. The summed E-state index contributed by atoms with van der Waals surface area (Å²) in [5.74, 6) is 2.38. The van der Waals surface area contributed by atoms with Crippen LogP contribution in [0, 0.1) is 0 Å². The lowest BCUT2D eigenvalue weighted by molar-refractivity contribution is 0.282. The molecule has 0 N–H and O–H groups in total. The normalized spacial score (nSPS) is 10.6. The Morgan fingerprint density at radius 2 is 1.48 bits per heavy atom. The highest BCUT2D eigenvalue weighted by atomic mass is 16.5. The van der Waals surface area contributed by atoms with Crippen molar-refractivity contribution in [2.24, 2.45) is 0 Å². The van der Waals surface area contributed by atoms with Crippen LogP contribution >= 0.6 is 0 Å². The summed E-state index contributed by atoms with van der Waals surface area (Å²) in [4.78, 5) is 2.19. The van der Waals surface area contributed by atoms with Gasteiger partial charge in [0.05, 0.1) is 6.61 Å². The second-order valence-electron chi connectivity index (χ2n) is 5.22. The van der Waals surface area contributed by atoms with Crippen molar-refractivity contribution in [3.63, 3.8) is 0 Å². The molecule has 0 aromatic heterocycles. The Hall–Kier alpha value is -2.00. The van der Waals surface area contributed by atoms with Crippen molar-refractivity contribution in [1.82, 2.24) is 4.90 Å². The van der Waals surface area contributed by atoms with E-state index in [1.807, 2.05) is 54.6 Å². The Balaban J connectivity index is 1.88. The molecule has 0 aliphatic rings. The van der Waals surface area contributed by atoms with Crippen LogP contribution in [0.5, 0.6) is 17.2 Å². The highest BCUT2D eigenvalue weighted by molar-refractivity contribution is 5.42. The van der Waals surface area contributed by atoms with E-state index >= 15 is 0 Å². The van der Waals surface area contributed by atoms with E-state index in [9.17, 15) is 0 Å². The third-order valence-electron chi connectivity index (χ3n) is 3.08. The average molecular weight is 285 g/mol. The number of hydrogen-bond donors (Lipinski definition) is 0. The topological polar surface area (TPSA) is 21.7 Å². The maximum absolute atomic E-state index is 5.87. The van der Waals surface area contributed by atoms with Crippen LogP contribution in [0.25, 0.3) is 0 Å². The van der Waals surface area contributed by atoms with E-state index in [-0.39, 0.29) is 0 Å². The highest BCUT2D eigenvalue weighted by Gasteiger charge is 2.05. The largest absolute Gasteiger partial charge is 0.490 e. The minimum absolute atomic E-state index is 0.711. The minimum Gasteiger partial charge on any atom is -0.490 e. The lowest BCUT2D eigenvalue weighted by Gasteiger charge is -2.13. The van der Waals surface area contributed by atoms with Crippen molar-refractivity contribution in [3.05, 3.63) is 54.6 Å². The van der Waals surface area contributed by atoms with Gasteiger partial charge in [0.1, 0.15) is 5.75 Å². The Morgan fingerprint density at radius 3 is 2.19 bits per heavy atom. The molecule has 0 saturated carbocycles. The SMILES string of the molecule is CN(C)CCCCOc1ccccc1Oc1ccccc1. The number of unbranched alkanes of at least 4 members (excludes halogenated alkanes) is 1. The summed E-state index contributed by atoms with van der Waals surface area (Å²) >= 11 is 0. The molecule has 112 valence electrons. The lowest BCUT2D eigenvalue weighted by Crippen LogP contribution is -2.13. The van der Waals surface area contributed by atoms with E-state index in [1.54, 1.807) is 0 Å². The summed E-state index contributed by atoms with van der Waals surface area (Å²) in [5.41, 5.74) is 0. The highest BCUT2D eigenvalue weighted by Crippen LogP contribution is 2.31. The van der Waals surface area contributed by atoms with Crippen molar-refractivity contribution < 1.29 is 9.47 Å². The number of benzene rings is 2. The van der Waals surface area contributed by atoms with E-state index in [4.69, 9.17) is 9.47 Å². The zero-order valence-electron chi connectivity index (χ0n) is 12.8. The fourth-order valence-corrected chi connectivity index (χ4v) is 1.98. The molecule has 0 spiro atoms. The third-order valence-corrected chi connectivity index (χ3v) is 3.08. The van der Waals surface area contributed by atoms with Crippen molar-refractivity contribution in [2.45, 2.75) is 12.8 Å². The van der Waals surface area contributed by atoms with Gasteiger partial charge < -0.3 is 14.4 Å². The standard InChI is InChI=1S/C18H23NO2/c1-19(2)14-8-9-15-20-17-12-6-7-13-18(17)21-16-10-4-3-5-11-16/h3-7,10-13H,8-9,14-15H2,1-2H3.